The summed E-state index contributed by atoms with van der Waals surface area (Å²) >= 11 is 0. The highest BCUT2D eigenvalue weighted by atomic mass is 19.1. The van der Waals surface area contributed by atoms with Crippen LogP contribution in [0.15, 0.2) is 42.5 Å². The predicted molar refractivity (Wildman–Crippen MR) is 69.2 cm³/mol. The highest BCUT2D eigenvalue weighted by Crippen LogP contribution is 2.27. The van der Waals surface area contributed by atoms with Gasteiger partial charge in [-0.05, 0) is 41.3 Å². The summed E-state index contributed by atoms with van der Waals surface area (Å²) in [4.78, 5) is 0. The number of benzene rings is 2. The van der Waals surface area contributed by atoms with Crippen molar-refractivity contribution in [2.24, 2.45) is 0 Å². The summed E-state index contributed by atoms with van der Waals surface area (Å²) in [5.41, 5.74) is 2.87. The topological polar surface area (TPSA) is 29.5 Å². The van der Waals surface area contributed by atoms with Gasteiger partial charge in [0.05, 0.1) is 7.11 Å². The number of hydrogen-bond donors (Lipinski definition) is 1. The van der Waals surface area contributed by atoms with Crippen LogP contribution in [0.2, 0.25) is 0 Å². The molecule has 0 radical (unpaired) electrons. The summed E-state index contributed by atoms with van der Waals surface area (Å²) in [6, 6.07) is 12.1. The van der Waals surface area contributed by atoms with Gasteiger partial charge in [0.25, 0.3) is 0 Å². The van der Waals surface area contributed by atoms with Crippen LogP contribution in [0.3, 0.4) is 0 Å². The van der Waals surface area contributed by atoms with Gasteiger partial charge in [-0.25, -0.2) is 4.39 Å². The summed E-state index contributed by atoms with van der Waals surface area (Å²) in [5.74, 6) is 0.494. The summed E-state index contributed by atoms with van der Waals surface area (Å²) in [6.07, 6.45) is 0.562. The van der Waals surface area contributed by atoms with E-state index in [2.05, 4.69) is 0 Å². The second-order valence-electron chi connectivity index (χ2n) is 4.01. The van der Waals surface area contributed by atoms with Crippen LogP contribution < -0.4 is 4.74 Å². The first-order chi connectivity index (χ1) is 8.74. The Balaban J connectivity index is 2.37. The van der Waals surface area contributed by atoms with Crippen molar-refractivity contribution < 1.29 is 14.2 Å². The molecule has 0 aliphatic rings. The minimum Gasteiger partial charge on any atom is -0.496 e. The predicted octanol–water partition coefficient (Wildman–Crippen LogP) is 3.04. The van der Waals surface area contributed by atoms with Crippen LogP contribution in [-0.2, 0) is 6.42 Å². The molecular formula is C15H15FO2. The van der Waals surface area contributed by atoms with Gasteiger partial charge in [-0.15, -0.1) is 0 Å². The van der Waals surface area contributed by atoms with E-state index in [1.165, 1.54) is 12.1 Å². The molecule has 0 saturated heterocycles. The zero-order valence-corrected chi connectivity index (χ0v) is 10.2. The van der Waals surface area contributed by atoms with Gasteiger partial charge in [-0.2, -0.15) is 0 Å². The standard InChI is InChI=1S/C15H15FO2/c1-18-15-10-13(3-2-12(15)8-9-17)11-4-6-14(16)7-5-11/h2-7,10,17H,8-9H2,1H3. The van der Waals surface area contributed by atoms with Gasteiger partial charge in [0.2, 0.25) is 0 Å². The minimum absolute atomic E-state index is 0.0895. The van der Waals surface area contributed by atoms with Crippen molar-refractivity contribution in [3.8, 4) is 16.9 Å². The van der Waals surface area contributed by atoms with Crippen LogP contribution in [0.5, 0.6) is 5.75 Å². The molecule has 0 fully saturated rings. The highest BCUT2D eigenvalue weighted by Gasteiger charge is 2.05. The molecule has 2 aromatic rings. The zero-order chi connectivity index (χ0) is 13.0. The van der Waals surface area contributed by atoms with E-state index in [-0.39, 0.29) is 12.4 Å². The quantitative estimate of drug-likeness (QED) is 0.898. The summed E-state index contributed by atoms with van der Waals surface area (Å²) < 4.78 is 18.2. The van der Waals surface area contributed by atoms with Crippen LogP contribution >= 0.6 is 0 Å². The molecule has 2 nitrogen and oxygen atoms in total. The molecule has 0 aliphatic heterocycles. The summed E-state index contributed by atoms with van der Waals surface area (Å²) in [6.45, 7) is 0.0895. The molecule has 18 heavy (non-hydrogen) atoms. The molecule has 3 heteroatoms. The van der Waals surface area contributed by atoms with Crippen molar-refractivity contribution >= 4 is 0 Å². The first-order valence-electron chi connectivity index (χ1n) is 5.78. The van der Waals surface area contributed by atoms with Crippen molar-refractivity contribution in [2.75, 3.05) is 13.7 Å². The number of ether oxygens (including phenoxy) is 1. The smallest absolute Gasteiger partial charge is 0.123 e. The second-order valence-corrected chi connectivity index (χ2v) is 4.01. The van der Waals surface area contributed by atoms with Gasteiger partial charge >= 0.3 is 0 Å². The third-order valence-corrected chi connectivity index (χ3v) is 2.85. The lowest BCUT2D eigenvalue weighted by atomic mass is 10.0. The molecule has 94 valence electrons. The lowest BCUT2D eigenvalue weighted by Gasteiger charge is -2.10. The Kier molecular flexibility index (Phi) is 3.95. The van der Waals surface area contributed by atoms with Crippen molar-refractivity contribution in [2.45, 2.75) is 6.42 Å². The van der Waals surface area contributed by atoms with E-state index in [0.717, 1.165) is 22.4 Å². The van der Waals surface area contributed by atoms with E-state index in [1.54, 1.807) is 19.2 Å². The Hall–Kier alpha value is -1.87. The first-order valence-corrected chi connectivity index (χ1v) is 5.78. The SMILES string of the molecule is COc1cc(-c2ccc(F)cc2)ccc1CCO. The van der Waals surface area contributed by atoms with Crippen LogP contribution in [0.4, 0.5) is 4.39 Å². The largest absolute Gasteiger partial charge is 0.496 e. The van der Waals surface area contributed by atoms with Crippen molar-refractivity contribution in [3.63, 3.8) is 0 Å². The lowest BCUT2D eigenvalue weighted by molar-refractivity contribution is 0.296. The Morgan fingerprint density at radius 1 is 1.06 bits per heavy atom. The Morgan fingerprint density at radius 3 is 2.33 bits per heavy atom. The van der Waals surface area contributed by atoms with Gasteiger partial charge in [0.15, 0.2) is 0 Å². The molecule has 1 N–H and O–H groups in total. The van der Waals surface area contributed by atoms with E-state index in [4.69, 9.17) is 9.84 Å². The number of hydrogen-bond acceptors (Lipinski definition) is 2. The van der Waals surface area contributed by atoms with E-state index in [0.29, 0.717) is 6.42 Å². The molecule has 0 heterocycles. The van der Waals surface area contributed by atoms with Crippen LogP contribution in [0.1, 0.15) is 5.56 Å². The molecule has 0 saturated carbocycles. The third kappa shape index (κ3) is 2.68. The van der Waals surface area contributed by atoms with Gasteiger partial charge in [-0.3, -0.25) is 0 Å². The van der Waals surface area contributed by atoms with Gasteiger partial charge < -0.3 is 9.84 Å². The molecule has 0 amide bonds. The zero-order valence-electron chi connectivity index (χ0n) is 10.2. The molecule has 0 atom stereocenters. The first kappa shape index (κ1) is 12.6. The lowest BCUT2D eigenvalue weighted by Crippen LogP contribution is -1.96. The maximum Gasteiger partial charge on any atom is 0.123 e. The van der Waals surface area contributed by atoms with Gasteiger partial charge in [0, 0.05) is 6.61 Å². The van der Waals surface area contributed by atoms with Crippen LogP contribution in [-0.4, -0.2) is 18.8 Å². The molecule has 0 aromatic heterocycles. The fraction of sp³-hybridized carbons (Fsp3) is 0.200. The molecule has 0 spiro atoms. The molecule has 0 aliphatic carbocycles. The maximum absolute atomic E-state index is 12.9. The van der Waals surface area contributed by atoms with Crippen LogP contribution in [0.25, 0.3) is 11.1 Å². The van der Waals surface area contributed by atoms with E-state index in [9.17, 15) is 4.39 Å². The molecule has 2 aromatic carbocycles. The number of aliphatic hydroxyl groups is 1. The average molecular weight is 246 g/mol. The van der Waals surface area contributed by atoms with Gasteiger partial charge in [-0.1, -0.05) is 24.3 Å². The highest BCUT2D eigenvalue weighted by molar-refractivity contribution is 5.66. The Bertz CT molecular complexity index is 521. The normalized spacial score (nSPS) is 10.4. The minimum atomic E-state index is -0.248. The summed E-state index contributed by atoms with van der Waals surface area (Å²) in [5, 5.41) is 8.96. The molecule has 2 rings (SSSR count). The number of halogens is 1. The van der Waals surface area contributed by atoms with E-state index < -0.39 is 0 Å². The Morgan fingerprint density at radius 2 is 1.72 bits per heavy atom. The number of aliphatic hydroxyl groups excluding tert-OH is 1. The molecule has 0 bridgehead atoms. The van der Waals surface area contributed by atoms with Crippen molar-refractivity contribution in [3.05, 3.63) is 53.8 Å². The maximum atomic E-state index is 12.9. The summed E-state index contributed by atoms with van der Waals surface area (Å²) in [7, 11) is 1.60. The fourth-order valence-electron chi connectivity index (χ4n) is 1.89. The number of rotatable bonds is 4. The average Bonchev–Trinajstić information content (AvgIpc) is 2.40. The third-order valence-electron chi connectivity index (χ3n) is 2.85. The van der Waals surface area contributed by atoms with Crippen molar-refractivity contribution in [1.82, 2.24) is 0 Å². The fourth-order valence-corrected chi connectivity index (χ4v) is 1.89. The molecule has 0 unspecified atom stereocenters. The van der Waals surface area contributed by atoms with E-state index in [1.807, 2.05) is 18.2 Å². The molecular weight excluding hydrogens is 231 g/mol. The van der Waals surface area contributed by atoms with Crippen LogP contribution in [0, 0.1) is 5.82 Å². The second kappa shape index (κ2) is 5.65. The monoisotopic (exact) mass is 246 g/mol. The van der Waals surface area contributed by atoms with Gasteiger partial charge in [0.1, 0.15) is 11.6 Å². The van der Waals surface area contributed by atoms with E-state index >= 15 is 0 Å². The Labute approximate surface area is 106 Å². The number of methoxy groups -OCH3 is 1. The van der Waals surface area contributed by atoms with Crippen molar-refractivity contribution in [1.29, 1.82) is 0 Å².